The molecule has 1 heterocycles. The second kappa shape index (κ2) is 6.66. The number of nitriles is 1. The first-order valence-electron chi connectivity index (χ1n) is 8.72. The number of fused-ring (bicyclic) bond motifs is 3. The van der Waals surface area contributed by atoms with Crippen molar-refractivity contribution in [3.8, 4) is 11.8 Å². The van der Waals surface area contributed by atoms with Crippen molar-refractivity contribution in [1.82, 2.24) is 0 Å². The number of benzene rings is 2. The molecular weight excluding hydrogens is 353 g/mol. The molecular formula is C21H17F3N2O. The fourth-order valence-electron chi connectivity index (χ4n) is 4.07. The number of para-hydroxylation sites is 1. The molecule has 27 heavy (non-hydrogen) atoms. The molecule has 3 atom stereocenters. The average Bonchev–Trinajstić information content (AvgIpc) is 3.15. The van der Waals surface area contributed by atoms with Gasteiger partial charge in [0.1, 0.15) is 11.8 Å². The van der Waals surface area contributed by atoms with Gasteiger partial charge in [-0.15, -0.1) is 0 Å². The quantitative estimate of drug-likeness (QED) is 0.733. The van der Waals surface area contributed by atoms with E-state index in [9.17, 15) is 13.2 Å². The Balaban J connectivity index is 1.72. The first-order chi connectivity index (χ1) is 13.0. The lowest BCUT2D eigenvalue weighted by Crippen LogP contribution is -2.30. The molecule has 138 valence electrons. The van der Waals surface area contributed by atoms with Crippen LogP contribution < -0.4 is 10.1 Å². The Kier molecular flexibility index (Phi) is 4.31. The van der Waals surface area contributed by atoms with Gasteiger partial charge in [0.15, 0.2) is 6.61 Å². The zero-order chi connectivity index (χ0) is 19.0. The van der Waals surface area contributed by atoms with Crippen LogP contribution in [-0.2, 0) is 6.18 Å². The number of hydrogen-bond acceptors (Lipinski definition) is 3. The van der Waals surface area contributed by atoms with Gasteiger partial charge in [-0.05, 0) is 41.7 Å². The molecule has 0 saturated heterocycles. The highest BCUT2D eigenvalue weighted by Gasteiger charge is 2.42. The van der Waals surface area contributed by atoms with Crippen LogP contribution >= 0.6 is 0 Å². The molecule has 0 aromatic heterocycles. The summed E-state index contributed by atoms with van der Waals surface area (Å²) in [6.45, 7) is -0.0437. The minimum Gasteiger partial charge on any atom is -0.479 e. The Hall–Kier alpha value is -2.94. The molecule has 2 aliphatic rings. The Morgan fingerprint density at radius 3 is 2.63 bits per heavy atom. The zero-order valence-electron chi connectivity index (χ0n) is 14.3. The highest BCUT2D eigenvalue weighted by Crippen LogP contribution is 2.52. The maximum absolute atomic E-state index is 13.5. The van der Waals surface area contributed by atoms with E-state index in [1.165, 1.54) is 6.07 Å². The van der Waals surface area contributed by atoms with Crippen molar-refractivity contribution in [2.45, 2.75) is 24.6 Å². The number of nitrogens with zero attached hydrogens (tertiary/aromatic N) is 1. The van der Waals surface area contributed by atoms with Gasteiger partial charge in [0.05, 0.1) is 17.3 Å². The molecule has 0 amide bonds. The predicted octanol–water partition coefficient (Wildman–Crippen LogP) is 5.43. The molecule has 0 fully saturated rings. The van der Waals surface area contributed by atoms with Crippen molar-refractivity contribution in [2.75, 3.05) is 11.9 Å². The number of hydrogen-bond donors (Lipinski definition) is 1. The third kappa shape index (κ3) is 3.14. The van der Waals surface area contributed by atoms with Gasteiger partial charge in [-0.1, -0.05) is 36.4 Å². The van der Waals surface area contributed by atoms with Gasteiger partial charge in [0.25, 0.3) is 0 Å². The van der Waals surface area contributed by atoms with Gasteiger partial charge in [-0.3, -0.25) is 0 Å². The number of allylic oxidation sites excluding steroid dienone is 2. The van der Waals surface area contributed by atoms with Gasteiger partial charge in [-0.2, -0.15) is 18.4 Å². The van der Waals surface area contributed by atoms with Crippen LogP contribution in [0.15, 0.2) is 54.6 Å². The largest absolute Gasteiger partial charge is 0.479 e. The second-order valence-corrected chi connectivity index (χ2v) is 6.76. The molecule has 3 nitrogen and oxygen atoms in total. The molecule has 2 aromatic carbocycles. The molecule has 0 unspecified atom stereocenters. The van der Waals surface area contributed by atoms with Crippen molar-refractivity contribution in [3.63, 3.8) is 0 Å². The number of nitrogens with one attached hydrogen (secondary N) is 1. The lowest BCUT2D eigenvalue weighted by molar-refractivity contribution is -0.137. The Morgan fingerprint density at radius 1 is 1.15 bits per heavy atom. The molecule has 2 aromatic rings. The second-order valence-electron chi connectivity index (χ2n) is 6.76. The van der Waals surface area contributed by atoms with Crippen LogP contribution in [0.5, 0.6) is 5.75 Å². The van der Waals surface area contributed by atoms with E-state index in [1.807, 2.05) is 30.4 Å². The first kappa shape index (κ1) is 17.5. The van der Waals surface area contributed by atoms with Crippen LogP contribution in [0.3, 0.4) is 0 Å². The Morgan fingerprint density at radius 2 is 1.93 bits per heavy atom. The lowest BCUT2D eigenvalue weighted by Gasteiger charge is -2.38. The zero-order valence-corrected chi connectivity index (χ0v) is 14.3. The normalized spacial score (nSPS) is 23.1. The first-order valence-corrected chi connectivity index (χ1v) is 8.72. The van der Waals surface area contributed by atoms with Gasteiger partial charge < -0.3 is 10.1 Å². The van der Waals surface area contributed by atoms with Crippen molar-refractivity contribution in [1.29, 1.82) is 5.26 Å². The van der Waals surface area contributed by atoms with E-state index in [0.717, 1.165) is 18.1 Å². The van der Waals surface area contributed by atoms with Crippen LogP contribution in [0.25, 0.3) is 0 Å². The van der Waals surface area contributed by atoms with Crippen LogP contribution in [0.4, 0.5) is 18.9 Å². The summed E-state index contributed by atoms with van der Waals surface area (Å²) in [4.78, 5) is 0. The maximum atomic E-state index is 13.5. The van der Waals surface area contributed by atoms with E-state index in [0.29, 0.717) is 11.3 Å². The Labute approximate surface area is 155 Å². The minimum atomic E-state index is -4.41. The van der Waals surface area contributed by atoms with Crippen LogP contribution in [0, 0.1) is 17.2 Å². The summed E-state index contributed by atoms with van der Waals surface area (Å²) in [6, 6.07) is 13.2. The summed E-state index contributed by atoms with van der Waals surface area (Å²) in [5, 5.41) is 11.8. The standard InChI is InChI=1S/C21H17F3N2O/c22-21(23,24)18-6-2-5-17-15-3-1-4-16(15)19(26-20(17)18)13-7-9-14(10-8-13)27-12-11-25/h1-3,5-10,15-16,19,26H,4,12H2/t15-,16-,19+/m1/s1. The Bertz CT molecular complexity index is 913. The molecule has 0 radical (unpaired) electrons. The van der Waals surface area contributed by atoms with E-state index in [1.54, 1.807) is 18.2 Å². The van der Waals surface area contributed by atoms with Gasteiger partial charge in [0, 0.05) is 5.92 Å². The minimum absolute atomic E-state index is 0.0388. The summed E-state index contributed by atoms with van der Waals surface area (Å²) in [5.74, 6) is 0.684. The third-order valence-corrected chi connectivity index (χ3v) is 5.24. The molecule has 0 spiro atoms. The van der Waals surface area contributed by atoms with Gasteiger partial charge in [0.2, 0.25) is 0 Å². The average molecular weight is 370 g/mol. The summed E-state index contributed by atoms with van der Waals surface area (Å²) in [7, 11) is 0. The molecule has 1 N–H and O–H groups in total. The van der Waals surface area contributed by atoms with Crippen molar-refractivity contribution >= 4 is 5.69 Å². The summed E-state index contributed by atoms with van der Waals surface area (Å²) in [6.07, 6.45) is 0.462. The number of ether oxygens (including phenoxy) is 1. The van der Waals surface area contributed by atoms with E-state index in [4.69, 9.17) is 10.00 Å². The summed E-state index contributed by atoms with van der Waals surface area (Å²) >= 11 is 0. The van der Waals surface area contributed by atoms with Gasteiger partial charge >= 0.3 is 6.18 Å². The van der Waals surface area contributed by atoms with E-state index in [2.05, 4.69) is 5.32 Å². The molecule has 0 bridgehead atoms. The number of anilines is 1. The molecule has 4 rings (SSSR count). The highest BCUT2D eigenvalue weighted by atomic mass is 19.4. The van der Waals surface area contributed by atoms with E-state index in [-0.39, 0.29) is 30.2 Å². The van der Waals surface area contributed by atoms with E-state index < -0.39 is 11.7 Å². The monoisotopic (exact) mass is 370 g/mol. The molecule has 0 saturated carbocycles. The van der Waals surface area contributed by atoms with Gasteiger partial charge in [-0.25, -0.2) is 0 Å². The lowest BCUT2D eigenvalue weighted by atomic mass is 9.76. The molecule has 1 aliphatic carbocycles. The fraction of sp³-hybridized carbons (Fsp3) is 0.286. The molecule has 1 aliphatic heterocycles. The van der Waals surface area contributed by atoms with Crippen LogP contribution in [-0.4, -0.2) is 6.61 Å². The van der Waals surface area contributed by atoms with E-state index >= 15 is 0 Å². The SMILES string of the molecule is N#CCOc1ccc([C@@H]2Nc3c(cccc3C(F)(F)F)[C@@H]3C=CC[C@H]32)cc1. The third-order valence-electron chi connectivity index (χ3n) is 5.24. The predicted molar refractivity (Wildman–Crippen MR) is 95.3 cm³/mol. The van der Waals surface area contributed by atoms with Crippen LogP contribution in [0.2, 0.25) is 0 Å². The van der Waals surface area contributed by atoms with Crippen molar-refractivity contribution in [3.05, 3.63) is 71.3 Å². The van der Waals surface area contributed by atoms with Crippen LogP contribution in [0.1, 0.15) is 35.1 Å². The number of alkyl halides is 3. The van der Waals surface area contributed by atoms with Crippen molar-refractivity contribution in [2.24, 2.45) is 5.92 Å². The topological polar surface area (TPSA) is 45.0 Å². The highest BCUT2D eigenvalue weighted by molar-refractivity contribution is 5.65. The maximum Gasteiger partial charge on any atom is 0.418 e. The smallest absolute Gasteiger partial charge is 0.418 e. The molecule has 6 heteroatoms. The van der Waals surface area contributed by atoms with Crippen molar-refractivity contribution < 1.29 is 17.9 Å². The summed E-state index contributed by atoms with van der Waals surface area (Å²) < 4.78 is 45.8. The number of rotatable bonds is 3. The number of halogens is 3. The fourth-order valence-corrected chi connectivity index (χ4v) is 4.07. The summed E-state index contributed by atoms with van der Waals surface area (Å²) in [5.41, 5.74) is 1.15.